The summed E-state index contributed by atoms with van der Waals surface area (Å²) in [5.41, 5.74) is 3.05. The zero-order chi connectivity index (χ0) is 24.1. The highest BCUT2D eigenvalue weighted by atomic mass is 32.2. The van der Waals surface area contributed by atoms with Gasteiger partial charge in [0.25, 0.3) is 5.91 Å². The van der Waals surface area contributed by atoms with Crippen LogP contribution in [0.2, 0.25) is 0 Å². The highest BCUT2D eigenvalue weighted by Gasteiger charge is 2.32. The van der Waals surface area contributed by atoms with E-state index in [0.717, 1.165) is 28.1 Å². The van der Waals surface area contributed by atoms with Crippen molar-refractivity contribution in [3.05, 3.63) is 59.2 Å². The van der Waals surface area contributed by atoms with Gasteiger partial charge in [-0.05, 0) is 69.0 Å². The molecule has 0 bridgehead atoms. The molecule has 2 aromatic rings. The Morgan fingerprint density at radius 2 is 1.66 bits per heavy atom. The first-order chi connectivity index (χ1) is 15.0. The molecule has 2 aromatic carbocycles. The zero-order valence-electron chi connectivity index (χ0n) is 19.6. The molecule has 2 N–H and O–H groups in total. The SMILES string of the molecule is CC[C@H](C(=O)Nc1ccccc1C(=O)N[C@@H](C)CC)N(c1ccc(C)c(C)c1)S(C)(=O)=O. The molecule has 8 heteroatoms. The highest BCUT2D eigenvalue weighted by molar-refractivity contribution is 7.92. The molecule has 0 spiro atoms. The molecule has 0 saturated carbocycles. The molecule has 0 radical (unpaired) electrons. The van der Waals surface area contributed by atoms with Crippen molar-refractivity contribution in [2.24, 2.45) is 0 Å². The van der Waals surface area contributed by atoms with Crippen LogP contribution in [-0.4, -0.2) is 38.6 Å². The number of nitrogens with one attached hydrogen (secondary N) is 2. The van der Waals surface area contributed by atoms with Crippen molar-refractivity contribution in [3.63, 3.8) is 0 Å². The second kappa shape index (κ2) is 10.6. The summed E-state index contributed by atoms with van der Waals surface area (Å²) in [4.78, 5) is 25.9. The Hall–Kier alpha value is -2.87. The van der Waals surface area contributed by atoms with Crippen LogP contribution in [-0.2, 0) is 14.8 Å². The number of para-hydroxylation sites is 1. The first-order valence-electron chi connectivity index (χ1n) is 10.8. The summed E-state index contributed by atoms with van der Waals surface area (Å²) in [6.07, 6.45) is 2.12. The molecule has 2 amide bonds. The van der Waals surface area contributed by atoms with Crippen LogP contribution in [0.1, 0.15) is 55.1 Å². The fourth-order valence-electron chi connectivity index (χ4n) is 3.33. The largest absolute Gasteiger partial charge is 0.350 e. The number of benzene rings is 2. The molecule has 0 aromatic heterocycles. The van der Waals surface area contributed by atoms with Crippen LogP contribution in [0.25, 0.3) is 0 Å². The average Bonchev–Trinajstić information content (AvgIpc) is 2.73. The second-order valence-electron chi connectivity index (χ2n) is 8.07. The number of hydrogen-bond donors (Lipinski definition) is 2. The van der Waals surface area contributed by atoms with Gasteiger partial charge < -0.3 is 10.6 Å². The number of nitrogens with zero attached hydrogens (tertiary/aromatic N) is 1. The molecule has 0 saturated heterocycles. The fraction of sp³-hybridized carbons (Fsp3) is 0.417. The third-order valence-electron chi connectivity index (χ3n) is 5.49. The number of carbonyl (C=O) groups excluding carboxylic acids is 2. The molecule has 2 atom stereocenters. The number of anilines is 2. The molecule has 7 nitrogen and oxygen atoms in total. The van der Waals surface area contributed by atoms with Crippen molar-refractivity contribution in [2.45, 2.75) is 59.5 Å². The maximum absolute atomic E-state index is 13.3. The Bertz CT molecular complexity index is 1080. The third kappa shape index (κ3) is 6.09. The number of hydrogen-bond acceptors (Lipinski definition) is 4. The monoisotopic (exact) mass is 459 g/mol. The Kier molecular flexibility index (Phi) is 8.44. The van der Waals surface area contributed by atoms with E-state index in [1.807, 2.05) is 33.8 Å². The van der Waals surface area contributed by atoms with Crippen LogP contribution < -0.4 is 14.9 Å². The summed E-state index contributed by atoms with van der Waals surface area (Å²) in [6.45, 7) is 9.46. The van der Waals surface area contributed by atoms with E-state index in [4.69, 9.17) is 0 Å². The van der Waals surface area contributed by atoms with Crippen molar-refractivity contribution in [1.82, 2.24) is 5.32 Å². The Balaban J connectivity index is 2.40. The minimum Gasteiger partial charge on any atom is -0.350 e. The van der Waals surface area contributed by atoms with Crippen molar-refractivity contribution >= 4 is 33.2 Å². The lowest BCUT2D eigenvalue weighted by Crippen LogP contribution is -2.47. The number of amides is 2. The second-order valence-corrected chi connectivity index (χ2v) is 9.93. The van der Waals surface area contributed by atoms with Gasteiger partial charge >= 0.3 is 0 Å². The Morgan fingerprint density at radius 3 is 2.22 bits per heavy atom. The number of carbonyl (C=O) groups is 2. The van der Waals surface area contributed by atoms with Gasteiger partial charge in [-0.3, -0.25) is 13.9 Å². The first kappa shape index (κ1) is 25.4. The molecule has 0 fully saturated rings. The highest BCUT2D eigenvalue weighted by Crippen LogP contribution is 2.26. The van der Waals surface area contributed by atoms with Crippen molar-refractivity contribution in [2.75, 3.05) is 15.9 Å². The number of rotatable bonds is 9. The van der Waals surface area contributed by atoms with E-state index in [-0.39, 0.29) is 18.4 Å². The van der Waals surface area contributed by atoms with Gasteiger partial charge in [-0.25, -0.2) is 8.42 Å². The van der Waals surface area contributed by atoms with Gasteiger partial charge in [-0.2, -0.15) is 0 Å². The molecule has 0 heterocycles. The van der Waals surface area contributed by atoms with Gasteiger partial charge in [0.05, 0.1) is 23.2 Å². The summed E-state index contributed by atoms with van der Waals surface area (Å²) in [6, 6.07) is 11.0. The van der Waals surface area contributed by atoms with Gasteiger partial charge in [0.15, 0.2) is 0 Å². The lowest BCUT2D eigenvalue weighted by Gasteiger charge is -2.30. The minimum absolute atomic E-state index is 0.0137. The van der Waals surface area contributed by atoms with Crippen LogP contribution in [0.3, 0.4) is 0 Å². The quantitative estimate of drug-likeness (QED) is 0.592. The predicted octanol–water partition coefficient (Wildman–Crippen LogP) is 4.02. The Labute approximate surface area is 191 Å². The summed E-state index contributed by atoms with van der Waals surface area (Å²) >= 11 is 0. The lowest BCUT2D eigenvalue weighted by atomic mass is 10.1. The molecule has 2 rings (SSSR count). The van der Waals surface area contributed by atoms with Crippen molar-refractivity contribution < 1.29 is 18.0 Å². The van der Waals surface area contributed by atoms with Crippen LogP contribution in [0.5, 0.6) is 0 Å². The molecule has 0 aliphatic heterocycles. The molecule has 32 heavy (non-hydrogen) atoms. The van der Waals surface area contributed by atoms with E-state index < -0.39 is 22.0 Å². The number of sulfonamides is 1. The van der Waals surface area contributed by atoms with Gasteiger partial charge in [-0.15, -0.1) is 0 Å². The van der Waals surface area contributed by atoms with E-state index in [1.165, 1.54) is 0 Å². The predicted molar refractivity (Wildman–Crippen MR) is 130 cm³/mol. The zero-order valence-corrected chi connectivity index (χ0v) is 20.4. The molecule has 0 aliphatic carbocycles. The van der Waals surface area contributed by atoms with E-state index in [2.05, 4.69) is 10.6 Å². The average molecular weight is 460 g/mol. The molecular weight excluding hydrogens is 426 g/mol. The summed E-state index contributed by atoms with van der Waals surface area (Å²) in [5, 5.41) is 5.67. The number of aryl methyl sites for hydroxylation is 2. The van der Waals surface area contributed by atoms with Crippen LogP contribution >= 0.6 is 0 Å². The van der Waals surface area contributed by atoms with Crippen molar-refractivity contribution in [1.29, 1.82) is 0 Å². The summed E-state index contributed by atoms with van der Waals surface area (Å²) < 4.78 is 26.5. The summed E-state index contributed by atoms with van der Waals surface area (Å²) in [7, 11) is -3.75. The summed E-state index contributed by atoms with van der Waals surface area (Å²) in [5.74, 6) is -0.794. The Morgan fingerprint density at radius 1 is 1.00 bits per heavy atom. The van der Waals surface area contributed by atoms with Crippen LogP contribution in [0, 0.1) is 13.8 Å². The first-order valence-corrected chi connectivity index (χ1v) is 12.6. The molecule has 174 valence electrons. The van der Waals surface area contributed by atoms with Gasteiger partial charge in [0.1, 0.15) is 6.04 Å². The maximum Gasteiger partial charge on any atom is 0.253 e. The van der Waals surface area contributed by atoms with Crippen molar-refractivity contribution in [3.8, 4) is 0 Å². The normalized spacial score (nSPS) is 13.2. The minimum atomic E-state index is -3.75. The molecule has 0 unspecified atom stereocenters. The maximum atomic E-state index is 13.3. The van der Waals surface area contributed by atoms with Gasteiger partial charge in [0, 0.05) is 6.04 Å². The lowest BCUT2D eigenvalue weighted by molar-refractivity contribution is -0.117. The van der Waals surface area contributed by atoms with E-state index >= 15 is 0 Å². The van der Waals surface area contributed by atoms with E-state index in [1.54, 1.807) is 43.3 Å². The fourth-order valence-corrected chi connectivity index (χ4v) is 4.54. The van der Waals surface area contributed by atoms with E-state index in [0.29, 0.717) is 16.9 Å². The van der Waals surface area contributed by atoms with Gasteiger partial charge in [-0.1, -0.05) is 32.0 Å². The van der Waals surface area contributed by atoms with Gasteiger partial charge in [0.2, 0.25) is 15.9 Å². The topological polar surface area (TPSA) is 95.6 Å². The smallest absolute Gasteiger partial charge is 0.253 e. The van der Waals surface area contributed by atoms with Crippen LogP contribution in [0.4, 0.5) is 11.4 Å². The molecular formula is C24H33N3O4S. The standard InChI is InChI=1S/C24H33N3O4S/c1-7-18(5)25-23(28)20-11-9-10-12-21(20)26-24(29)22(8-2)27(32(6,30)31)19-14-13-16(3)17(4)15-19/h9-15,18,22H,7-8H2,1-6H3,(H,25,28)(H,26,29)/t18-,22+/m0/s1. The molecule has 0 aliphatic rings. The van der Waals surface area contributed by atoms with E-state index in [9.17, 15) is 18.0 Å². The third-order valence-corrected chi connectivity index (χ3v) is 6.67. The van der Waals surface area contributed by atoms with Crippen LogP contribution in [0.15, 0.2) is 42.5 Å².